The summed E-state index contributed by atoms with van der Waals surface area (Å²) < 4.78 is 16.5. The molecule has 0 saturated carbocycles. The number of halogens is 1. The minimum absolute atomic E-state index is 0.000918. The van der Waals surface area contributed by atoms with Crippen LogP contribution in [0.15, 0.2) is 66.8 Å². The van der Waals surface area contributed by atoms with Gasteiger partial charge in [-0.15, -0.1) is 0 Å². The van der Waals surface area contributed by atoms with Gasteiger partial charge in [-0.3, -0.25) is 9.59 Å². The Labute approximate surface area is 275 Å². The summed E-state index contributed by atoms with van der Waals surface area (Å²) in [7, 11) is 1.47. The lowest BCUT2D eigenvalue weighted by Gasteiger charge is -2.25. The minimum Gasteiger partial charge on any atom is -0.495 e. The molecule has 11 heteroatoms. The lowest BCUT2D eigenvalue weighted by atomic mass is 9.99. The molecule has 2 aromatic carbocycles. The van der Waals surface area contributed by atoms with E-state index < -0.39 is 48.1 Å². The second-order valence-electron chi connectivity index (χ2n) is 11.6. The van der Waals surface area contributed by atoms with Gasteiger partial charge in [-0.05, 0) is 48.6 Å². The van der Waals surface area contributed by atoms with Crippen LogP contribution in [-0.4, -0.2) is 60.3 Å². The summed E-state index contributed by atoms with van der Waals surface area (Å²) in [5, 5.41) is 12.5. The Kier molecular flexibility index (Phi) is 16.0. The van der Waals surface area contributed by atoms with Crippen LogP contribution in [0.25, 0.3) is 6.08 Å². The number of amides is 1. The Morgan fingerprint density at radius 3 is 2.30 bits per heavy atom. The van der Waals surface area contributed by atoms with Crippen LogP contribution >= 0.6 is 11.6 Å². The van der Waals surface area contributed by atoms with Crippen LogP contribution in [-0.2, 0) is 35.1 Å². The zero-order valence-electron chi connectivity index (χ0n) is 27.0. The highest BCUT2D eigenvalue weighted by atomic mass is 35.5. The number of hydrogen-bond donors (Lipinski definition) is 3. The number of carbonyl (C=O) groups is 4. The van der Waals surface area contributed by atoms with E-state index in [1.165, 1.54) is 19.3 Å². The van der Waals surface area contributed by atoms with Crippen molar-refractivity contribution < 1.29 is 38.5 Å². The number of carbonyl (C=O) groups excluding carboxylic acids is 3. The quantitative estimate of drug-likeness (QED) is 0.142. The van der Waals surface area contributed by atoms with Gasteiger partial charge in [-0.1, -0.05) is 87.0 Å². The van der Waals surface area contributed by atoms with Crippen molar-refractivity contribution in [3.05, 3.63) is 82.9 Å². The fourth-order valence-corrected chi connectivity index (χ4v) is 4.72. The molecule has 1 amide bonds. The second kappa shape index (κ2) is 19.4. The predicted molar refractivity (Wildman–Crippen MR) is 177 cm³/mol. The van der Waals surface area contributed by atoms with Gasteiger partial charge in [0.05, 0.1) is 18.6 Å². The van der Waals surface area contributed by atoms with Gasteiger partial charge in [-0.25, -0.2) is 9.59 Å². The average molecular weight is 657 g/mol. The zero-order chi connectivity index (χ0) is 34.2. The molecule has 2 rings (SSSR count). The normalized spacial score (nSPS) is 14.8. The van der Waals surface area contributed by atoms with Crippen molar-refractivity contribution in [3.63, 3.8) is 0 Å². The van der Waals surface area contributed by atoms with Gasteiger partial charge >= 0.3 is 17.9 Å². The number of carboxylic acids is 1. The van der Waals surface area contributed by atoms with E-state index in [0.717, 1.165) is 5.56 Å². The van der Waals surface area contributed by atoms with Crippen LogP contribution < -0.4 is 15.8 Å². The van der Waals surface area contributed by atoms with Crippen molar-refractivity contribution in [1.29, 1.82) is 0 Å². The molecule has 0 radical (unpaired) electrons. The Hall–Kier alpha value is -4.15. The lowest BCUT2D eigenvalue weighted by Crippen LogP contribution is -2.41. The maximum atomic E-state index is 13.3. The third-order valence-electron chi connectivity index (χ3n) is 6.86. The van der Waals surface area contributed by atoms with Crippen molar-refractivity contribution in [2.75, 3.05) is 7.11 Å². The van der Waals surface area contributed by atoms with E-state index in [-0.39, 0.29) is 37.5 Å². The van der Waals surface area contributed by atoms with Crippen LogP contribution in [0, 0.1) is 11.8 Å². The fourth-order valence-electron chi connectivity index (χ4n) is 4.44. The van der Waals surface area contributed by atoms with Gasteiger partial charge in [-0.2, -0.15) is 0 Å². The van der Waals surface area contributed by atoms with Gasteiger partial charge in [0, 0.05) is 24.8 Å². The molecule has 0 bridgehead atoms. The van der Waals surface area contributed by atoms with Crippen LogP contribution in [0.3, 0.4) is 0 Å². The van der Waals surface area contributed by atoms with Gasteiger partial charge in [0.25, 0.3) is 0 Å². The largest absolute Gasteiger partial charge is 0.495 e. The summed E-state index contributed by atoms with van der Waals surface area (Å²) in [6, 6.07) is 12.8. The zero-order valence-corrected chi connectivity index (χ0v) is 27.7. The number of rotatable bonds is 18. The Bertz CT molecular complexity index is 1360. The van der Waals surface area contributed by atoms with E-state index in [1.54, 1.807) is 25.1 Å². The van der Waals surface area contributed by atoms with E-state index >= 15 is 0 Å². The van der Waals surface area contributed by atoms with Crippen molar-refractivity contribution in [2.45, 2.75) is 77.7 Å². The Balaban J connectivity index is 2.19. The van der Waals surface area contributed by atoms with Crippen molar-refractivity contribution in [1.82, 2.24) is 5.32 Å². The highest BCUT2D eigenvalue weighted by Gasteiger charge is 2.30. The highest BCUT2D eigenvalue weighted by Crippen LogP contribution is 2.25. The van der Waals surface area contributed by atoms with Gasteiger partial charge in [0.15, 0.2) is 6.10 Å². The first kappa shape index (κ1) is 38.0. The van der Waals surface area contributed by atoms with Crippen molar-refractivity contribution in [3.8, 4) is 5.75 Å². The van der Waals surface area contributed by atoms with E-state index in [0.29, 0.717) is 16.3 Å². The van der Waals surface area contributed by atoms with E-state index in [1.807, 2.05) is 63.3 Å². The van der Waals surface area contributed by atoms with Gasteiger partial charge in [0.2, 0.25) is 5.91 Å². The molecule has 2 aromatic rings. The summed E-state index contributed by atoms with van der Waals surface area (Å²) >= 11 is 6.16. The standard InChI is InChI=1S/C35H45ClN2O8/c1-22(2)18-31(45-33(40)19-24(4)37)35(43)46-29(23(3)14-15-25-10-7-6-8-11-25)12-9-13-32(39)38-28(34(41)42)21-26-16-17-30(44-5)27(36)20-26/h6-11,13-17,20,22-24,28-29,31H,12,18-19,21,37H2,1-5H3,(H,38,39)(H,41,42)/t23-,24-,28-,29+,31+/m1/s1. The molecule has 250 valence electrons. The summed E-state index contributed by atoms with van der Waals surface area (Å²) in [6.07, 6.45) is 5.03. The molecule has 0 aliphatic heterocycles. The molecule has 46 heavy (non-hydrogen) atoms. The molecule has 5 atom stereocenters. The lowest BCUT2D eigenvalue weighted by molar-refractivity contribution is -0.173. The topological polar surface area (TPSA) is 154 Å². The maximum Gasteiger partial charge on any atom is 0.347 e. The van der Waals surface area contributed by atoms with Crippen LogP contribution in [0.2, 0.25) is 5.02 Å². The predicted octanol–water partition coefficient (Wildman–Crippen LogP) is 5.36. The van der Waals surface area contributed by atoms with Crippen LogP contribution in [0.5, 0.6) is 5.75 Å². The Morgan fingerprint density at radius 1 is 1.02 bits per heavy atom. The van der Waals surface area contributed by atoms with Gasteiger partial charge < -0.3 is 30.4 Å². The number of methoxy groups -OCH3 is 1. The smallest absolute Gasteiger partial charge is 0.347 e. The SMILES string of the molecule is COc1ccc(C[C@@H](NC(=O)C=CC[C@H](OC(=O)[C@H](CC(C)C)OC(=O)C[C@@H](C)N)[C@H](C)C=Cc2ccccc2)C(=O)O)cc1Cl. The minimum atomic E-state index is -1.22. The Morgan fingerprint density at radius 2 is 1.72 bits per heavy atom. The third kappa shape index (κ3) is 13.9. The number of esters is 2. The monoisotopic (exact) mass is 656 g/mol. The number of nitrogens with one attached hydrogen (secondary N) is 1. The summed E-state index contributed by atoms with van der Waals surface area (Å²) in [6.45, 7) is 7.34. The number of ether oxygens (including phenoxy) is 3. The molecule has 0 aliphatic rings. The fraction of sp³-hybridized carbons (Fsp3) is 0.429. The molecular formula is C35H45ClN2O8. The van der Waals surface area contributed by atoms with E-state index in [4.69, 9.17) is 31.5 Å². The number of aliphatic carboxylic acids is 1. The first-order valence-electron chi connectivity index (χ1n) is 15.2. The number of carboxylic acid groups (broad SMARTS) is 1. The van der Waals surface area contributed by atoms with Crippen LogP contribution in [0.4, 0.5) is 0 Å². The molecule has 0 aliphatic carbocycles. The number of benzene rings is 2. The molecule has 0 unspecified atom stereocenters. The van der Waals surface area contributed by atoms with Gasteiger partial charge in [0.1, 0.15) is 17.9 Å². The van der Waals surface area contributed by atoms with E-state index in [9.17, 15) is 24.3 Å². The molecular weight excluding hydrogens is 612 g/mol. The molecule has 0 spiro atoms. The maximum absolute atomic E-state index is 13.3. The average Bonchev–Trinajstić information content (AvgIpc) is 2.98. The number of hydrogen-bond acceptors (Lipinski definition) is 8. The molecule has 10 nitrogen and oxygen atoms in total. The molecule has 0 heterocycles. The molecule has 0 aromatic heterocycles. The molecule has 4 N–H and O–H groups in total. The molecule has 0 fully saturated rings. The molecule has 0 saturated heterocycles. The van der Waals surface area contributed by atoms with Crippen molar-refractivity contribution >= 4 is 41.5 Å². The first-order chi connectivity index (χ1) is 21.8. The summed E-state index contributed by atoms with van der Waals surface area (Å²) in [4.78, 5) is 50.3. The van der Waals surface area contributed by atoms with Crippen molar-refractivity contribution in [2.24, 2.45) is 17.6 Å². The summed E-state index contributed by atoms with van der Waals surface area (Å²) in [5.41, 5.74) is 7.28. The van der Waals surface area contributed by atoms with E-state index in [2.05, 4.69) is 5.32 Å². The second-order valence-corrected chi connectivity index (χ2v) is 12.0. The first-order valence-corrected chi connectivity index (χ1v) is 15.6. The number of nitrogens with two attached hydrogens (primary N) is 1. The summed E-state index contributed by atoms with van der Waals surface area (Å²) in [5.74, 6) is -2.95. The van der Waals surface area contributed by atoms with Crippen LogP contribution in [0.1, 0.15) is 58.1 Å². The highest BCUT2D eigenvalue weighted by molar-refractivity contribution is 6.32. The third-order valence-corrected chi connectivity index (χ3v) is 7.16.